The van der Waals surface area contributed by atoms with Gasteiger partial charge >= 0.3 is 5.97 Å². The molecule has 0 spiro atoms. The predicted molar refractivity (Wildman–Crippen MR) is 83.5 cm³/mol. The molecule has 0 unspecified atom stereocenters. The fourth-order valence-electron chi connectivity index (χ4n) is 2.73. The zero-order valence-corrected chi connectivity index (χ0v) is 13.1. The molecule has 2 N–H and O–H groups in total. The number of benzene rings is 1. The molecule has 1 aromatic carbocycles. The van der Waals surface area contributed by atoms with Crippen molar-refractivity contribution in [1.82, 2.24) is 0 Å². The van der Waals surface area contributed by atoms with Gasteiger partial charge in [0.1, 0.15) is 11.7 Å². The van der Waals surface area contributed by atoms with E-state index in [9.17, 15) is 4.79 Å². The van der Waals surface area contributed by atoms with Crippen LogP contribution in [-0.2, 0) is 4.74 Å². The summed E-state index contributed by atoms with van der Waals surface area (Å²) in [6.45, 7) is 6.85. The summed E-state index contributed by atoms with van der Waals surface area (Å²) in [6, 6.07) is 5.18. The second kappa shape index (κ2) is 6.37. The van der Waals surface area contributed by atoms with Crippen molar-refractivity contribution in [1.29, 1.82) is 0 Å². The molecule has 116 valence electrons. The van der Waals surface area contributed by atoms with Gasteiger partial charge in [0.25, 0.3) is 0 Å². The standard InChI is InChI=1S/C17H25NO3/c1-4-20-15-13(6-5-7-14(15)18)16(19)21-12-8-10-17(2,3)11-9-12/h5-7,12H,4,8-11,18H2,1-3H3. The first-order valence-corrected chi connectivity index (χ1v) is 7.65. The lowest BCUT2D eigenvalue weighted by atomic mass is 9.76. The largest absolute Gasteiger partial charge is 0.491 e. The zero-order chi connectivity index (χ0) is 15.5. The summed E-state index contributed by atoms with van der Waals surface area (Å²) in [5.41, 5.74) is 7.13. The first-order valence-electron chi connectivity index (χ1n) is 7.65. The number of nitrogens with two attached hydrogens (primary N) is 1. The van der Waals surface area contributed by atoms with Crippen LogP contribution in [0.3, 0.4) is 0 Å². The average molecular weight is 291 g/mol. The van der Waals surface area contributed by atoms with E-state index in [1.807, 2.05) is 6.92 Å². The van der Waals surface area contributed by atoms with Gasteiger partial charge in [-0.25, -0.2) is 4.79 Å². The average Bonchev–Trinajstić information content (AvgIpc) is 2.43. The number of carbonyl (C=O) groups is 1. The Bertz CT molecular complexity index is 501. The van der Waals surface area contributed by atoms with E-state index in [-0.39, 0.29) is 12.1 Å². The molecule has 0 amide bonds. The maximum absolute atomic E-state index is 12.4. The molecule has 1 aliphatic carbocycles. The van der Waals surface area contributed by atoms with Crippen molar-refractivity contribution < 1.29 is 14.3 Å². The van der Waals surface area contributed by atoms with Gasteiger partial charge < -0.3 is 15.2 Å². The monoisotopic (exact) mass is 291 g/mol. The molecule has 0 heterocycles. The van der Waals surface area contributed by atoms with E-state index in [1.54, 1.807) is 18.2 Å². The Morgan fingerprint density at radius 3 is 2.62 bits per heavy atom. The molecule has 0 saturated heterocycles. The normalized spacial score (nSPS) is 18.2. The van der Waals surface area contributed by atoms with Gasteiger partial charge in [-0.3, -0.25) is 0 Å². The summed E-state index contributed by atoms with van der Waals surface area (Å²) in [4.78, 5) is 12.4. The Morgan fingerprint density at radius 2 is 2.00 bits per heavy atom. The molecular weight excluding hydrogens is 266 g/mol. The lowest BCUT2D eigenvalue weighted by molar-refractivity contribution is 0.00919. The molecule has 0 atom stereocenters. The second-order valence-corrected chi connectivity index (χ2v) is 6.43. The molecule has 1 aromatic rings. The fraction of sp³-hybridized carbons (Fsp3) is 0.588. The summed E-state index contributed by atoms with van der Waals surface area (Å²) in [5.74, 6) is 0.0941. The van der Waals surface area contributed by atoms with Crippen LogP contribution in [0.1, 0.15) is 56.8 Å². The van der Waals surface area contributed by atoms with Gasteiger partial charge in [-0.05, 0) is 50.2 Å². The van der Waals surface area contributed by atoms with Gasteiger partial charge in [-0.2, -0.15) is 0 Å². The number of hydrogen-bond acceptors (Lipinski definition) is 4. The molecule has 1 fully saturated rings. The number of esters is 1. The SMILES string of the molecule is CCOc1c(N)cccc1C(=O)OC1CCC(C)(C)CC1. The van der Waals surface area contributed by atoms with Crippen LogP contribution in [-0.4, -0.2) is 18.7 Å². The third-order valence-corrected chi connectivity index (χ3v) is 4.11. The van der Waals surface area contributed by atoms with Crippen LogP contribution in [0, 0.1) is 5.41 Å². The highest BCUT2D eigenvalue weighted by atomic mass is 16.5. The first-order chi connectivity index (χ1) is 9.93. The molecule has 2 rings (SSSR count). The summed E-state index contributed by atoms with van der Waals surface area (Å²) < 4.78 is 11.1. The molecule has 21 heavy (non-hydrogen) atoms. The van der Waals surface area contributed by atoms with E-state index < -0.39 is 0 Å². The number of ether oxygens (including phenoxy) is 2. The van der Waals surface area contributed by atoms with Crippen molar-refractivity contribution in [3.63, 3.8) is 0 Å². The van der Waals surface area contributed by atoms with Crippen molar-refractivity contribution in [2.45, 2.75) is 52.6 Å². The Kier molecular flexibility index (Phi) is 4.76. The van der Waals surface area contributed by atoms with Crippen molar-refractivity contribution in [3.8, 4) is 5.75 Å². The van der Waals surface area contributed by atoms with Gasteiger partial charge in [-0.15, -0.1) is 0 Å². The van der Waals surface area contributed by atoms with Crippen LogP contribution in [0.5, 0.6) is 5.75 Å². The molecule has 0 radical (unpaired) electrons. The van der Waals surface area contributed by atoms with E-state index in [2.05, 4.69) is 13.8 Å². The molecule has 4 nitrogen and oxygen atoms in total. The molecule has 4 heteroatoms. The maximum Gasteiger partial charge on any atom is 0.342 e. The summed E-state index contributed by atoms with van der Waals surface area (Å²) >= 11 is 0. The highest BCUT2D eigenvalue weighted by molar-refractivity contribution is 5.94. The summed E-state index contributed by atoms with van der Waals surface area (Å²) in [5, 5.41) is 0. The summed E-state index contributed by atoms with van der Waals surface area (Å²) in [6.07, 6.45) is 4.01. The van der Waals surface area contributed by atoms with Crippen LogP contribution in [0.25, 0.3) is 0 Å². The van der Waals surface area contributed by atoms with Crippen molar-refractivity contribution >= 4 is 11.7 Å². The van der Waals surface area contributed by atoms with Crippen LogP contribution in [0.4, 0.5) is 5.69 Å². The van der Waals surface area contributed by atoms with Crippen LogP contribution in [0.15, 0.2) is 18.2 Å². The molecule has 0 aromatic heterocycles. The fourth-order valence-corrected chi connectivity index (χ4v) is 2.73. The van der Waals surface area contributed by atoms with Gasteiger partial charge in [0, 0.05) is 0 Å². The minimum atomic E-state index is -0.338. The number of para-hydroxylation sites is 1. The smallest absolute Gasteiger partial charge is 0.342 e. The second-order valence-electron chi connectivity index (χ2n) is 6.43. The van der Waals surface area contributed by atoms with Gasteiger partial charge in [0.05, 0.1) is 12.3 Å². The highest BCUT2D eigenvalue weighted by Crippen LogP contribution is 2.37. The first kappa shape index (κ1) is 15.7. The van der Waals surface area contributed by atoms with Crippen LogP contribution >= 0.6 is 0 Å². The van der Waals surface area contributed by atoms with Crippen molar-refractivity contribution in [2.24, 2.45) is 5.41 Å². The van der Waals surface area contributed by atoms with Gasteiger partial charge in [0.15, 0.2) is 5.75 Å². The van der Waals surface area contributed by atoms with Gasteiger partial charge in [-0.1, -0.05) is 19.9 Å². The molecule has 0 bridgehead atoms. The van der Waals surface area contributed by atoms with E-state index >= 15 is 0 Å². The zero-order valence-electron chi connectivity index (χ0n) is 13.1. The van der Waals surface area contributed by atoms with Gasteiger partial charge in [0.2, 0.25) is 0 Å². The predicted octanol–water partition coefficient (Wildman–Crippen LogP) is 3.79. The molecular formula is C17H25NO3. The Hall–Kier alpha value is -1.71. The topological polar surface area (TPSA) is 61.5 Å². The molecule has 1 saturated carbocycles. The summed E-state index contributed by atoms with van der Waals surface area (Å²) in [7, 11) is 0. The van der Waals surface area contributed by atoms with Crippen LogP contribution in [0.2, 0.25) is 0 Å². The third-order valence-electron chi connectivity index (χ3n) is 4.11. The Labute approximate surface area is 126 Å². The van der Waals surface area contributed by atoms with Crippen LogP contribution < -0.4 is 10.5 Å². The number of hydrogen-bond donors (Lipinski definition) is 1. The molecule has 0 aliphatic heterocycles. The number of nitrogen functional groups attached to an aromatic ring is 1. The van der Waals surface area contributed by atoms with E-state index in [1.165, 1.54) is 0 Å². The third kappa shape index (κ3) is 3.90. The number of carbonyl (C=O) groups excluding carboxylic acids is 1. The number of anilines is 1. The van der Waals surface area contributed by atoms with Crippen molar-refractivity contribution in [2.75, 3.05) is 12.3 Å². The quantitative estimate of drug-likeness (QED) is 0.677. The lowest BCUT2D eigenvalue weighted by Gasteiger charge is -2.33. The van der Waals surface area contributed by atoms with E-state index in [0.717, 1.165) is 25.7 Å². The maximum atomic E-state index is 12.4. The Morgan fingerprint density at radius 1 is 1.33 bits per heavy atom. The van der Waals surface area contributed by atoms with E-state index in [4.69, 9.17) is 15.2 Å². The van der Waals surface area contributed by atoms with E-state index in [0.29, 0.717) is 29.0 Å². The minimum absolute atomic E-state index is 0.00133. The molecule has 1 aliphatic rings. The number of rotatable bonds is 4. The lowest BCUT2D eigenvalue weighted by Crippen LogP contribution is -2.28. The van der Waals surface area contributed by atoms with Crippen molar-refractivity contribution in [3.05, 3.63) is 23.8 Å². The Balaban J connectivity index is 2.06. The highest BCUT2D eigenvalue weighted by Gasteiger charge is 2.29. The minimum Gasteiger partial charge on any atom is -0.491 e.